The number of halogens is 2. The molecule has 0 aromatic heterocycles. The molecule has 8 heteroatoms. The molecule has 1 atom stereocenters. The lowest BCUT2D eigenvalue weighted by molar-refractivity contribution is -0.122. The van der Waals surface area contributed by atoms with Gasteiger partial charge in [0.1, 0.15) is 6.04 Å². The molecule has 0 spiro atoms. The van der Waals surface area contributed by atoms with Gasteiger partial charge in [-0.2, -0.15) is 0 Å². The molecule has 0 saturated heterocycles. The van der Waals surface area contributed by atoms with E-state index in [1.165, 1.54) is 39.5 Å². The Labute approximate surface area is 149 Å². The van der Waals surface area contributed by atoms with Gasteiger partial charge in [-0.1, -0.05) is 6.07 Å². The van der Waals surface area contributed by atoms with Crippen LogP contribution >= 0.6 is 0 Å². The molecule has 2 N–H and O–H groups in total. The fraction of sp³-hybridized carbons (Fsp3) is 0.222. The van der Waals surface area contributed by atoms with Crippen LogP contribution in [0.3, 0.4) is 0 Å². The molecule has 6 nitrogen and oxygen atoms in total. The second-order valence-electron chi connectivity index (χ2n) is 5.26. The van der Waals surface area contributed by atoms with E-state index in [0.29, 0.717) is 11.5 Å². The lowest BCUT2D eigenvalue weighted by Gasteiger charge is -2.18. The topological polar surface area (TPSA) is 76.7 Å². The summed E-state index contributed by atoms with van der Waals surface area (Å²) in [4.78, 5) is 24.6. The van der Waals surface area contributed by atoms with Crippen LogP contribution in [0.25, 0.3) is 0 Å². The third-order valence-corrected chi connectivity index (χ3v) is 3.71. The maximum absolute atomic E-state index is 13.5. The zero-order valence-corrected chi connectivity index (χ0v) is 14.4. The molecule has 0 aliphatic rings. The number of carbonyl (C=O) groups excluding carboxylic acids is 2. The minimum absolute atomic E-state index is 0.108. The summed E-state index contributed by atoms with van der Waals surface area (Å²) in [6.07, 6.45) is 0. The Hall–Kier alpha value is -3.16. The van der Waals surface area contributed by atoms with E-state index in [4.69, 9.17) is 9.47 Å². The number of nitrogens with one attached hydrogen (secondary N) is 2. The Morgan fingerprint density at radius 2 is 1.65 bits per heavy atom. The van der Waals surface area contributed by atoms with Crippen LogP contribution in [0.1, 0.15) is 22.0 Å². The predicted octanol–water partition coefficient (Wildman–Crippen LogP) is 2.20. The molecule has 2 rings (SSSR count). The third kappa shape index (κ3) is 4.08. The number of hydrogen-bond donors (Lipinski definition) is 2. The molecular formula is C18H18F2N2O4. The number of likely N-dealkylation sites (N-methyl/N-ethyl adjacent to an activating group) is 1. The number of ether oxygens (including phenoxy) is 2. The van der Waals surface area contributed by atoms with Crippen LogP contribution in [0.5, 0.6) is 11.5 Å². The average Bonchev–Trinajstić information content (AvgIpc) is 2.66. The summed E-state index contributed by atoms with van der Waals surface area (Å²) >= 11 is 0. The minimum Gasteiger partial charge on any atom is -0.493 e. The Morgan fingerprint density at radius 3 is 2.23 bits per heavy atom. The van der Waals surface area contributed by atoms with Crippen molar-refractivity contribution in [3.8, 4) is 11.5 Å². The van der Waals surface area contributed by atoms with Gasteiger partial charge in [-0.3, -0.25) is 9.59 Å². The molecule has 1 unspecified atom stereocenters. The molecule has 138 valence electrons. The third-order valence-electron chi connectivity index (χ3n) is 3.71. The molecule has 0 saturated carbocycles. The number of methoxy groups -OCH3 is 2. The van der Waals surface area contributed by atoms with Gasteiger partial charge in [0.25, 0.3) is 5.91 Å². The molecule has 0 bridgehead atoms. The monoisotopic (exact) mass is 364 g/mol. The lowest BCUT2D eigenvalue weighted by atomic mass is 10.0. The standard InChI is InChI=1S/C18H18F2N2O4/c1-21-18(24)16(10-4-6-12(19)13(20)8-10)22-17(23)11-5-7-14(25-2)15(9-11)26-3/h4-9,16H,1-3H3,(H,21,24)(H,22,23). The molecule has 26 heavy (non-hydrogen) atoms. The summed E-state index contributed by atoms with van der Waals surface area (Å²) < 4.78 is 36.9. The van der Waals surface area contributed by atoms with Crippen LogP contribution in [0.15, 0.2) is 36.4 Å². The molecular weight excluding hydrogens is 346 g/mol. The van der Waals surface area contributed by atoms with Crippen molar-refractivity contribution in [1.82, 2.24) is 10.6 Å². The molecule has 2 amide bonds. The van der Waals surface area contributed by atoms with Gasteiger partial charge in [-0.25, -0.2) is 8.78 Å². The Bertz CT molecular complexity index is 827. The Kier molecular flexibility index (Phi) is 6.11. The van der Waals surface area contributed by atoms with Crippen molar-refractivity contribution < 1.29 is 27.8 Å². The first-order valence-electron chi connectivity index (χ1n) is 7.60. The van der Waals surface area contributed by atoms with Crippen LogP contribution in [0.4, 0.5) is 8.78 Å². The first-order valence-corrected chi connectivity index (χ1v) is 7.60. The SMILES string of the molecule is CNC(=O)C(NC(=O)c1ccc(OC)c(OC)c1)c1ccc(F)c(F)c1. The Balaban J connectivity index is 2.32. The van der Waals surface area contributed by atoms with Gasteiger partial charge in [-0.15, -0.1) is 0 Å². The normalized spacial score (nSPS) is 11.4. The van der Waals surface area contributed by atoms with E-state index in [9.17, 15) is 18.4 Å². The van der Waals surface area contributed by atoms with Crippen molar-refractivity contribution >= 4 is 11.8 Å². The number of amides is 2. The predicted molar refractivity (Wildman–Crippen MR) is 90.2 cm³/mol. The van der Waals surface area contributed by atoms with Crippen LogP contribution in [-0.2, 0) is 4.79 Å². The smallest absolute Gasteiger partial charge is 0.252 e. The highest BCUT2D eigenvalue weighted by molar-refractivity contribution is 5.98. The summed E-state index contributed by atoms with van der Waals surface area (Å²) in [7, 11) is 4.26. The zero-order valence-electron chi connectivity index (χ0n) is 14.4. The van der Waals surface area contributed by atoms with Crippen molar-refractivity contribution in [2.24, 2.45) is 0 Å². The molecule has 0 aliphatic heterocycles. The van der Waals surface area contributed by atoms with Gasteiger partial charge in [0.2, 0.25) is 5.91 Å². The minimum atomic E-state index is -1.20. The van der Waals surface area contributed by atoms with Gasteiger partial charge in [0, 0.05) is 12.6 Å². The maximum Gasteiger partial charge on any atom is 0.252 e. The Morgan fingerprint density at radius 1 is 0.962 bits per heavy atom. The average molecular weight is 364 g/mol. The zero-order chi connectivity index (χ0) is 19.3. The fourth-order valence-corrected chi connectivity index (χ4v) is 2.33. The first kappa shape index (κ1) is 19.2. The lowest BCUT2D eigenvalue weighted by Crippen LogP contribution is -2.39. The van der Waals surface area contributed by atoms with E-state index in [-0.39, 0.29) is 11.1 Å². The van der Waals surface area contributed by atoms with E-state index in [0.717, 1.165) is 12.1 Å². The molecule has 0 radical (unpaired) electrons. The maximum atomic E-state index is 13.5. The van der Waals surface area contributed by atoms with Gasteiger partial charge in [0.15, 0.2) is 23.1 Å². The molecule has 2 aromatic rings. The number of rotatable bonds is 6. The molecule has 0 fully saturated rings. The van der Waals surface area contributed by atoms with Gasteiger partial charge < -0.3 is 20.1 Å². The van der Waals surface area contributed by atoms with Crippen molar-refractivity contribution in [3.05, 3.63) is 59.2 Å². The van der Waals surface area contributed by atoms with Gasteiger partial charge in [0.05, 0.1) is 14.2 Å². The molecule has 0 heterocycles. The van der Waals surface area contributed by atoms with Crippen LogP contribution in [-0.4, -0.2) is 33.1 Å². The first-order chi connectivity index (χ1) is 12.4. The van der Waals surface area contributed by atoms with E-state index in [1.54, 1.807) is 6.07 Å². The van der Waals surface area contributed by atoms with E-state index >= 15 is 0 Å². The second-order valence-corrected chi connectivity index (χ2v) is 5.26. The van der Waals surface area contributed by atoms with Gasteiger partial charge >= 0.3 is 0 Å². The van der Waals surface area contributed by atoms with Crippen molar-refractivity contribution in [3.63, 3.8) is 0 Å². The second kappa shape index (κ2) is 8.28. The quantitative estimate of drug-likeness (QED) is 0.824. The highest BCUT2D eigenvalue weighted by Gasteiger charge is 2.24. The number of hydrogen-bond acceptors (Lipinski definition) is 4. The largest absolute Gasteiger partial charge is 0.493 e. The van der Waals surface area contributed by atoms with Gasteiger partial charge in [-0.05, 0) is 35.9 Å². The van der Waals surface area contributed by atoms with Crippen molar-refractivity contribution in [2.75, 3.05) is 21.3 Å². The summed E-state index contributed by atoms with van der Waals surface area (Å²) in [6.45, 7) is 0. The van der Waals surface area contributed by atoms with E-state index in [1.807, 2.05) is 0 Å². The summed E-state index contributed by atoms with van der Waals surface area (Å²) in [5, 5.41) is 4.88. The van der Waals surface area contributed by atoms with E-state index < -0.39 is 29.5 Å². The number of benzene rings is 2. The fourth-order valence-electron chi connectivity index (χ4n) is 2.33. The highest BCUT2D eigenvalue weighted by Crippen LogP contribution is 2.28. The summed E-state index contributed by atoms with van der Waals surface area (Å²) in [5.41, 5.74) is 0.316. The molecule has 2 aromatic carbocycles. The molecule has 0 aliphatic carbocycles. The summed E-state index contributed by atoms with van der Waals surface area (Å²) in [5.74, 6) is -2.56. The van der Waals surface area contributed by atoms with Crippen molar-refractivity contribution in [2.45, 2.75) is 6.04 Å². The van der Waals surface area contributed by atoms with Crippen LogP contribution < -0.4 is 20.1 Å². The summed E-state index contributed by atoms with van der Waals surface area (Å²) in [6, 6.07) is 6.26. The van der Waals surface area contributed by atoms with Crippen molar-refractivity contribution in [1.29, 1.82) is 0 Å². The van der Waals surface area contributed by atoms with E-state index in [2.05, 4.69) is 10.6 Å². The highest BCUT2D eigenvalue weighted by atomic mass is 19.2. The number of carbonyl (C=O) groups is 2. The van der Waals surface area contributed by atoms with Crippen LogP contribution in [0.2, 0.25) is 0 Å². The van der Waals surface area contributed by atoms with Crippen LogP contribution in [0, 0.1) is 11.6 Å².